The lowest BCUT2D eigenvalue weighted by atomic mass is 10.2. The molecule has 0 atom stereocenters. The summed E-state index contributed by atoms with van der Waals surface area (Å²) < 4.78 is 11.7. The lowest BCUT2D eigenvalue weighted by Crippen LogP contribution is -2.46. The molecule has 0 saturated carbocycles. The van der Waals surface area contributed by atoms with Gasteiger partial charge in [0.25, 0.3) is 5.56 Å². The second-order valence-corrected chi connectivity index (χ2v) is 6.57. The molecule has 1 aliphatic heterocycles. The Kier molecular flexibility index (Phi) is 5.22. The highest BCUT2D eigenvalue weighted by atomic mass is 16.5. The van der Waals surface area contributed by atoms with Gasteiger partial charge < -0.3 is 24.2 Å². The van der Waals surface area contributed by atoms with Crippen molar-refractivity contribution in [2.75, 3.05) is 49.7 Å². The van der Waals surface area contributed by atoms with Gasteiger partial charge in [0.2, 0.25) is 0 Å². The molecular formula is C18H22N6O4. The minimum Gasteiger partial charge on any atom is -0.395 e. The van der Waals surface area contributed by atoms with Crippen LogP contribution in [0, 0.1) is 0 Å². The van der Waals surface area contributed by atoms with Crippen molar-refractivity contribution in [1.29, 1.82) is 0 Å². The van der Waals surface area contributed by atoms with Gasteiger partial charge in [0.05, 0.1) is 30.4 Å². The molecular weight excluding hydrogens is 364 g/mol. The standard InChI is InChI=1S/C18H22N6O4/c1-27-11-16-20-18(28-21-16)23-6-4-22(5-7-23)13-2-3-14-15(10-13)19-12-24(8-9-25)17(14)26/h2-3,10,12,25H,4-9,11H2,1H3. The van der Waals surface area contributed by atoms with E-state index in [2.05, 4.69) is 24.9 Å². The molecule has 28 heavy (non-hydrogen) atoms. The van der Waals surface area contributed by atoms with Crippen molar-refractivity contribution in [1.82, 2.24) is 19.7 Å². The van der Waals surface area contributed by atoms with Crippen LogP contribution in [-0.2, 0) is 17.9 Å². The van der Waals surface area contributed by atoms with Crippen LogP contribution in [0.25, 0.3) is 10.9 Å². The molecule has 1 aliphatic rings. The normalized spacial score (nSPS) is 14.8. The second-order valence-electron chi connectivity index (χ2n) is 6.57. The van der Waals surface area contributed by atoms with Crippen LogP contribution in [0.4, 0.5) is 11.7 Å². The molecule has 148 valence electrons. The van der Waals surface area contributed by atoms with Crippen molar-refractivity contribution in [2.45, 2.75) is 13.2 Å². The number of aliphatic hydroxyl groups is 1. The smallest absolute Gasteiger partial charge is 0.324 e. The molecule has 0 amide bonds. The highest BCUT2D eigenvalue weighted by molar-refractivity contribution is 5.81. The third-order valence-electron chi connectivity index (χ3n) is 4.80. The molecule has 0 radical (unpaired) electrons. The van der Waals surface area contributed by atoms with E-state index in [1.54, 1.807) is 13.2 Å². The number of methoxy groups -OCH3 is 1. The molecule has 1 fully saturated rings. The Morgan fingerprint density at radius 1 is 1.21 bits per heavy atom. The average molecular weight is 386 g/mol. The quantitative estimate of drug-likeness (QED) is 0.637. The summed E-state index contributed by atoms with van der Waals surface area (Å²) in [6, 6.07) is 6.18. The van der Waals surface area contributed by atoms with Gasteiger partial charge in [-0.15, -0.1) is 0 Å². The predicted octanol–water partition coefficient (Wildman–Crippen LogP) is 0.245. The Labute approximate surface area is 161 Å². The van der Waals surface area contributed by atoms with E-state index in [0.29, 0.717) is 29.3 Å². The van der Waals surface area contributed by atoms with Crippen molar-refractivity contribution < 1.29 is 14.4 Å². The number of hydrogen-bond donors (Lipinski definition) is 1. The summed E-state index contributed by atoms with van der Waals surface area (Å²) in [4.78, 5) is 25.4. The van der Waals surface area contributed by atoms with Crippen molar-refractivity contribution in [3.05, 3.63) is 40.7 Å². The summed E-state index contributed by atoms with van der Waals surface area (Å²) in [7, 11) is 1.59. The molecule has 0 unspecified atom stereocenters. The highest BCUT2D eigenvalue weighted by Crippen LogP contribution is 2.22. The lowest BCUT2D eigenvalue weighted by Gasteiger charge is -2.35. The lowest BCUT2D eigenvalue weighted by molar-refractivity contribution is 0.174. The second kappa shape index (κ2) is 7.95. The maximum Gasteiger partial charge on any atom is 0.324 e. The minimum atomic E-state index is -0.140. The molecule has 0 aliphatic carbocycles. The summed E-state index contributed by atoms with van der Waals surface area (Å²) in [6.07, 6.45) is 1.48. The van der Waals surface area contributed by atoms with Gasteiger partial charge in [0.15, 0.2) is 5.82 Å². The zero-order valence-corrected chi connectivity index (χ0v) is 15.6. The third-order valence-corrected chi connectivity index (χ3v) is 4.80. The molecule has 1 aromatic carbocycles. The number of nitrogens with zero attached hydrogens (tertiary/aromatic N) is 6. The van der Waals surface area contributed by atoms with E-state index in [1.165, 1.54) is 10.9 Å². The predicted molar refractivity (Wildman–Crippen MR) is 103 cm³/mol. The number of aromatic nitrogens is 4. The van der Waals surface area contributed by atoms with Gasteiger partial charge >= 0.3 is 6.01 Å². The maximum absolute atomic E-state index is 12.4. The number of aliphatic hydroxyl groups excluding tert-OH is 1. The van der Waals surface area contributed by atoms with Gasteiger partial charge in [0.1, 0.15) is 6.61 Å². The van der Waals surface area contributed by atoms with Crippen LogP contribution in [0.2, 0.25) is 0 Å². The molecule has 4 rings (SSSR count). The van der Waals surface area contributed by atoms with Crippen LogP contribution in [0.5, 0.6) is 0 Å². The van der Waals surface area contributed by atoms with Crippen molar-refractivity contribution >= 4 is 22.6 Å². The molecule has 1 N–H and O–H groups in total. The van der Waals surface area contributed by atoms with Crippen LogP contribution in [0.1, 0.15) is 5.82 Å². The monoisotopic (exact) mass is 386 g/mol. The molecule has 1 saturated heterocycles. The van der Waals surface area contributed by atoms with E-state index in [0.717, 1.165) is 31.9 Å². The van der Waals surface area contributed by atoms with E-state index >= 15 is 0 Å². The average Bonchev–Trinajstić information content (AvgIpc) is 3.19. The van der Waals surface area contributed by atoms with Crippen LogP contribution in [0.3, 0.4) is 0 Å². The van der Waals surface area contributed by atoms with Crippen LogP contribution < -0.4 is 15.4 Å². The fourth-order valence-corrected chi connectivity index (χ4v) is 3.33. The zero-order chi connectivity index (χ0) is 19.5. The van der Waals surface area contributed by atoms with Crippen molar-refractivity contribution in [3.63, 3.8) is 0 Å². The summed E-state index contributed by atoms with van der Waals surface area (Å²) in [5, 5.41) is 13.5. The zero-order valence-electron chi connectivity index (χ0n) is 15.6. The molecule has 3 heterocycles. The summed E-state index contributed by atoms with van der Waals surface area (Å²) in [5.74, 6) is 0.535. The summed E-state index contributed by atoms with van der Waals surface area (Å²) in [5.41, 5.74) is 1.53. The maximum atomic E-state index is 12.4. The number of fused-ring (bicyclic) bond motifs is 1. The Hall–Kier alpha value is -2.98. The number of hydrogen-bond acceptors (Lipinski definition) is 9. The molecule has 3 aromatic rings. The Morgan fingerprint density at radius 3 is 2.75 bits per heavy atom. The molecule has 10 heteroatoms. The topological polar surface area (TPSA) is 110 Å². The van der Waals surface area contributed by atoms with Gasteiger partial charge in [0, 0.05) is 39.0 Å². The number of rotatable bonds is 6. The summed E-state index contributed by atoms with van der Waals surface area (Å²) in [6.45, 7) is 3.55. The largest absolute Gasteiger partial charge is 0.395 e. The highest BCUT2D eigenvalue weighted by Gasteiger charge is 2.22. The van der Waals surface area contributed by atoms with E-state index in [1.807, 2.05) is 12.1 Å². The van der Waals surface area contributed by atoms with E-state index in [4.69, 9.17) is 14.4 Å². The fraction of sp³-hybridized carbons (Fsp3) is 0.444. The van der Waals surface area contributed by atoms with Gasteiger partial charge in [-0.25, -0.2) is 4.98 Å². The first-order chi connectivity index (χ1) is 13.7. The molecule has 0 bridgehead atoms. The number of benzene rings is 1. The van der Waals surface area contributed by atoms with Crippen LogP contribution in [-0.4, -0.2) is 64.7 Å². The summed E-state index contributed by atoms with van der Waals surface area (Å²) >= 11 is 0. The molecule has 10 nitrogen and oxygen atoms in total. The Balaban J connectivity index is 1.47. The van der Waals surface area contributed by atoms with Crippen molar-refractivity contribution in [3.8, 4) is 0 Å². The first-order valence-corrected chi connectivity index (χ1v) is 9.11. The molecule has 2 aromatic heterocycles. The van der Waals surface area contributed by atoms with Gasteiger partial charge in [-0.1, -0.05) is 5.16 Å². The number of anilines is 2. The Bertz CT molecular complexity index is 1010. The minimum absolute atomic E-state index is 0.0948. The van der Waals surface area contributed by atoms with Crippen LogP contribution >= 0.6 is 0 Å². The first kappa shape index (κ1) is 18.4. The van der Waals surface area contributed by atoms with E-state index < -0.39 is 0 Å². The SMILES string of the molecule is COCc1noc(N2CCN(c3ccc4c(=O)n(CCO)cnc4c3)CC2)n1. The fourth-order valence-electron chi connectivity index (χ4n) is 3.33. The first-order valence-electron chi connectivity index (χ1n) is 9.11. The van der Waals surface area contributed by atoms with Crippen molar-refractivity contribution in [2.24, 2.45) is 0 Å². The van der Waals surface area contributed by atoms with E-state index in [-0.39, 0.29) is 18.7 Å². The van der Waals surface area contributed by atoms with Gasteiger partial charge in [-0.05, 0) is 18.2 Å². The van der Waals surface area contributed by atoms with Gasteiger partial charge in [-0.3, -0.25) is 9.36 Å². The molecule has 0 spiro atoms. The number of ether oxygens (including phenoxy) is 1. The van der Waals surface area contributed by atoms with Gasteiger partial charge in [-0.2, -0.15) is 4.98 Å². The number of piperazine rings is 1. The Morgan fingerprint density at radius 2 is 2.00 bits per heavy atom. The van der Waals surface area contributed by atoms with Crippen LogP contribution in [0.15, 0.2) is 33.8 Å². The van der Waals surface area contributed by atoms with E-state index in [9.17, 15) is 4.79 Å². The third kappa shape index (κ3) is 3.56.